The second kappa shape index (κ2) is 6.63. The van der Waals surface area contributed by atoms with Gasteiger partial charge in [0.25, 0.3) is 5.91 Å². The number of aromatic nitrogens is 1. The van der Waals surface area contributed by atoms with E-state index in [1.54, 1.807) is 11.3 Å². The van der Waals surface area contributed by atoms with E-state index >= 15 is 0 Å². The number of fused-ring (bicyclic) bond motifs is 1. The van der Waals surface area contributed by atoms with Gasteiger partial charge in [-0.1, -0.05) is 18.2 Å². The molecule has 2 aliphatic heterocycles. The van der Waals surface area contributed by atoms with Crippen molar-refractivity contribution in [2.24, 2.45) is 0 Å². The molecule has 0 N–H and O–H groups in total. The Kier molecular flexibility index (Phi) is 4.37. The van der Waals surface area contributed by atoms with Crippen LogP contribution in [0.2, 0.25) is 0 Å². The van der Waals surface area contributed by atoms with Crippen LogP contribution in [0, 0.1) is 0 Å². The number of benzene rings is 1. The summed E-state index contributed by atoms with van der Waals surface area (Å²) in [6, 6.07) is 8.32. The second-order valence-electron chi connectivity index (χ2n) is 5.76. The second-order valence-corrected chi connectivity index (χ2v) is 7.78. The van der Waals surface area contributed by atoms with Crippen molar-refractivity contribution >= 4 is 29.0 Å². The first-order chi connectivity index (χ1) is 11.3. The van der Waals surface area contributed by atoms with Crippen LogP contribution in [-0.2, 0) is 11.3 Å². The Morgan fingerprint density at radius 1 is 1.35 bits per heavy atom. The number of carbonyl (C=O) groups is 1. The molecule has 0 spiro atoms. The van der Waals surface area contributed by atoms with Crippen molar-refractivity contribution in [3.8, 4) is 0 Å². The minimum atomic E-state index is 0.0304. The standard InChI is InChI=1S/C17H18N2O2S2/c20-17(13-11-23-16(18-13)14-5-3-8-21-14)19-7-9-22-15-6-2-1-4-12(15)10-19/h1-2,4,6,11,14H,3,5,7-10H2. The number of nitrogens with zero attached hydrogens (tertiary/aromatic N) is 2. The molecule has 1 fully saturated rings. The maximum absolute atomic E-state index is 12.8. The van der Waals surface area contributed by atoms with Gasteiger partial charge in [-0.15, -0.1) is 23.1 Å². The highest BCUT2D eigenvalue weighted by atomic mass is 32.2. The van der Waals surface area contributed by atoms with Crippen LogP contribution in [-0.4, -0.2) is 34.7 Å². The predicted molar refractivity (Wildman–Crippen MR) is 91.9 cm³/mol. The first-order valence-electron chi connectivity index (χ1n) is 7.88. The molecule has 120 valence electrons. The molecule has 1 atom stereocenters. The molecule has 3 heterocycles. The molecule has 1 aromatic heterocycles. The number of carbonyl (C=O) groups excluding carboxylic acids is 1. The number of rotatable bonds is 2. The Morgan fingerprint density at radius 3 is 3.13 bits per heavy atom. The van der Waals surface area contributed by atoms with E-state index in [1.807, 2.05) is 28.1 Å². The van der Waals surface area contributed by atoms with E-state index in [2.05, 4.69) is 23.2 Å². The molecule has 0 bridgehead atoms. The minimum Gasteiger partial charge on any atom is -0.371 e. The zero-order chi connectivity index (χ0) is 15.6. The van der Waals surface area contributed by atoms with E-state index in [-0.39, 0.29) is 12.0 Å². The molecule has 0 aliphatic carbocycles. The van der Waals surface area contributed by atoms with Gasteiger partial charge in [-0.05, 0) is 24.5 Å². The lowest BCUT2D eigenvalue weighted by atomic mass is 10.2. The van der Waals surface area contributed by atoms with Crippen LogP contribution in [0.25, 0.3) is 0 Å². The van der Waals surface area contributed by atoms with Crippen molar-refractivity contribution in [3.05, 3.63) is 45.9 Å². The number of hydrogen-bond acceptors (Lipinski definition) is 5. The summed E-state index contributed by atoms with van der Waals surface area (Å²) >= 11 is 3.36. The highest BCUT2D eigenvalue weighted by molar-refractivity contribution is 7.99. The summed E-state index contributed by atoms with van der Waals surface area (Å²) in [4.78, 5) is 20.5. The lowest BCUT2D eigenvalue weighted by Gasteiger charge is -2.19. The van der Waals surface area contributed by atoms with Gasteiger partial charge in [0.05, 0.1) is 0 Å². The Labute approximate surface area is 143 Å². The summed E-state index contributed by atoms with van der Waals surface area (Å²) in [6.07, 6.45) is 2.17. The maximum Gasteiger partial charge on any atom is 0.273 e. The first kappa shape index (κ1) is 15.2. The van der Waals surface area contributed by atoms with Crippen molar-refractivity contribution < 1.29 is 9.53 Å². The molecular formula is C17H18N2O2S2. The van der Waals surface area contributed by atoms with Gasteiger partial charge in [0.2, 0.25) is 0 Å². The van der Waals surface area contributed by atoms with Gasteiger partial charge in [-0.3, -0.25) is 4.79 Å². The summed E-state index contributed by atoms with van der Waals surface area (Å²) in [6.45, 7) is 2.22. The average Bonchev–Trinajstić information content (AvgIpc) is 3.21. The van der Waals surface area contributed by atoms with E-state index < -0.39 is 0 Å². The molecule has 2 aliphatic rings. The van der Waals surface area contributed by atoms with E-state index in [1.165, 1.54) is 10.5 Å². The highest BCUT2D eigenvalue weighted by Gasteiger charge is 2.25. The molecule has 4 nitrogen and oxygen atoms in total. The molecule has 1 unspecified atom stereocenters. The molecular weight excluding hydrogens is 328 g/mol. The summed E-state index contributed by atoms with van der Waals surface area (Å²) in [5.41, 5.74) is 1.78. The van der Waals surface area contributed by atoms with Crippen LogP contribution in [0.1, 0.15) is 40.0 Å². The van der Waals surface area contributed by atoms with Gasteiger partial charge in [-0.2, -0.15) is 0 Å². The molecule has 1 aromatic carbocycles. The smallest absolute Gasteiger partial charge is 0.273 e. The summed E-state index contributed by atoms with van der Waals surface area (Å²) in [7, 11) is 0. The Hall–Kier alpha value is -1.37. The first-order valence-corrected chi connectivity index (χ1v) is 9.75. The molecule has 0 saturated carbocycles. The van der Waals surface area contributed by atoms with Gasteiger partial charge >= 0.3 is 0 Å². The van der Waals surface area contributed by atoms with E-state index in [0.29, 0.717) is 12.2 Å². The van der Waals surface area contributed by atoms with E-state index in [9.17, 15) is 4.79 Å². The summed E-state index contributed by atoms with van der Waals surface area (Å²) in [5, 5.41) is 2.82. The van der Waals surface area contributed by atoms with E-state index in [4.69, 9.17) is 4.74 Å². The van der Waals surface area contributed by atoms with Crippen molar-refractivity contribution in [2.45, 2.75) is 30.4 Å². The zero-order valence-corrected chi connectivity index (χ0v) is 14.4. The summed E-state index contributed by atoms with van der Waals surface area (Å²) < 4.78 is 5.66. The average molecular weight is 346 g/mol. The van der Waals surface area contributed by atoms with Gasteiger partial charge in [0.1, 0.15) is 16.8 Å². The van der Waals surface area contributed by atoms with Gasteiger partial charge in [0, 0.05) is 35.7 Å². The molecule has 4 rings (SSSR count). The summed E-state index contributed by atoms with van der Waals surface area (Å²) in [5.74, 6) is 0.952. The molecule has 6 heteroatoms. The SMILES string of the molecule is O=C(c1csc(C2CCCO2)n1)N1CCSc2ccccc2C1. The largest absolute Gasteiger partial charge is 0.371 e. The Morgan fingerprint density at radius 2 is 2.26 bits per heavy atom. The predicted octanol–water partition coefficient (Wildman–Crippen LogP) is 3.74. The third-order valence-corrected chi connectivity index (χ3v) is 6.22. The fourth-order valence-electron chi connectivity index (χ4n) is 2.97. The van der Waals surface area contributed by atoms with Crippen LogP contribution >= 0.6 is 23.1 Å². The monoisotopic (exact) mass is 346 g/mol. The van der Waals surface area contributed by atoms with Gasteiger partial charge in [0.15, 0.2) is 0 Å². The number of hydrogen-bond donors (Lipinski definition) is 0. The van der Waals surface area contributed by atoms with Crippen LogP contribution in [0.4, 0.5) is 0 Å². The maximum atomic E-state index is 12.8. The topological polar surface area (TPSA) is 42.4 Å². The van der Waals surface area contributed by atoms with Crippen molar-refractivity contribution in [1.82, 2.24) is 9.88 Å². The molecule has 1 amide bonds. The lowest BCUT2D eigenvalue weighted by molar-refractivity contribution is 0.0747. The lowest BCUT2D eigenvalue weighted by Crippen LogP contribution is -2.32. The van der Waals surface area contributed by atoms with Gasteiger partial charge < -0.3 is 9.64 Å². The Bertz CT molecular complexity index is 710. The number of thioether (sulfide) groups is 1. The number of thiazole rings is 1. The molecule has 0 radical (unpaired) electrons. The zero-order valence-electron chi connectivity index (χ0n) is 12.7. The third kappa shape index (κ3) is 3.16. The van der Waals surface area contributed by atoms with Crippen molar-refractivity contribution in [1.29, 1.82) is 0 Å². The minimum absolute atomic E-state index is 0.0304. The highest BCUT2D eigenvalue weighted by Crippen LogP contribution is 2.32. The normalized spacial score (nSPS) is 21.0. The number of amides is 1. The third-order valence-electron chi connectivity index (χ3n) is 4.19. The Balaban J connectivity index is 1.52. The number of ether oxygens (including phenoxy) is 1. The molecule has 2 aromatic rings. The van der Waals surface area contributed by atoms with Crippen molar-refractivity contribution in [2.75, 3.05) is 18.9 Å². The van der Waals surface area contributed by atoms with Crippen LogP contribution in [0.3, 0.4) is 0 Å². The van der Waals surface area contributed by atoms with E-state index in [0.717, 1.165) is 36.8 Å². The fourth-order valence-corrected chi connectivity index (χ4v) is 4.87. The van der Waals surface area contributed by atoms with Crippen molar-refractivity contribution in [3.63, 3.8) is 0 Å². The van der Waals surface area contributed by atoms with Crippen LogP contribution < -0.4 is 0 Å². The molecule has 1 saturated heterocycles. The van der Waals surface area contributed by atoms with Crippen LogP contribution in [0.15, 0.2) is 34.5 Å². The quantitative estimate of drug-likeness (QED) is 0.831. The van der Waals surface area contributed by atoms with Crippen LogP contribution in [0.5, 0.6) is 0 Å². The fraction of sp³-hybridized carbons (Fsp3) is 0.412. The van der Waals surface area contributed by atoms with Gasteiger partial charge in [-0.25, -0.2) is 4.98 Å². The molecule has 23 heavy (non-hydrogen) atoms.